The van der Waals surface area contributed by atoms with Crippen molar-refractivity contribution in [1.82, 2.24) is 9.80 Å². The van der Waals surface area contributed by atoms with Gasteiger partial charge in [-0.1, -0.05) is 11.6 Å². The molecule has 0 radical (unpaired) electrons. The topological polar surface area (TPSA) is 83.1 Å². The van der Waals surface area contributed by atoms with Crippen LogP contribution in [-0.4, -0.2) is 72.8 Å². The smallest absolute Gasteiger partial charge is 0.322 e. The number of ether oxygens (including phenoxy) is 2. The molecular formula is C20H27ClN4O4. The first-order valence-corrected chi connectivity index (χ1v) is 10.5. The fourth-order valence-electron chi connectivity index (χ4n) is 4.41. The number of hydrogen-bond acceptors (Lipinski definition) is 5. The lowest BCUT2D eigenvalue weighted by molar-refractivity contribution is -0.118. The molecule has 2 saturated heterocycles. The number of hydrogen-bond donors (Lipinski definition) is 2. The number of amides is 3. The van der Waals surface area contributed by atoms with E-state index in [9.17, 15) is 9.59 Å². The van der Waals surface area contributed by atoms with Crippen LogP contribution in [0, 0.1) is 0 Å². The van der Waals surface area contributed by atoms with Crippen LogP contribution in [0.2, 0.25) is 5.02 Å². The van der Waals surface area contributed by atoms with Crippen molar-refractivity contribution >= 4 is 34.9 Å². The van der Waals surface area contributed by atoms with E-state index in [2.05, 4.69) is 29.4 Å². The number of urea groups is 1. The predicted octanol–water partition coefficient (Wildman–Crippen LogP) is 2.78. The summed E-state index contributed by atoms with van der Waals surface area (Å²) in [7, 11) is 0. The molecule has 3 amide bonds. The summed E-state index contributed by atoms with van der Waals surface area (Å²) in [5.41, 5.74) is 0.990. The second kappa shape index (κ2) is 8.38. The van der Waals surface area contributed by atoms with Crippen LogP contribution in [0.5, 0.6) is 5.75 Å². The Balaban J connectivity index is 1.42. The van der Waals surface area contributed by atoms with Gasteiger partial charge in [0.05, 0.1) is 28.6 Å². The maximum Gasteiger partial charge on any atom is 0.322 e. The number of fused-ring (bicyclic) bond motifs is 1. The van der Waals surface area contributed by atoms with Crippen LogP contribution in [-0.2, 0) is 9.53 Å². The van der Waals surface area contributed by atoms with E-state index in [0.29, 0.717) is 22.1 Å². The molecule has 0 bridgehead atoms. The fourth-order valence-corrected chi connectivity index (χ4v) is 4.62. The molecule has 1 aromatic rings. The molecule has 8 nitrogen and oxygen atoms in total. The second-order valence-corrected chi connectivity index (χ2v) is 8.47. The highest BCUT2D eigenvalue weighted by Gasteiger charge is 2.33. The molecule has 29 heavy (non-hydrogen) atoms. The average Bonchev–Trinajstić information content (AvgIpc) is 3.10. The molecule has 1 aromatic carbocycles. The van der Waals surface area contributed by atoms with Gasteiger partial charge in [0.25, 0.3) is 5.91 Å². The number of nitrogens with zero attached hydrogens (tertiary/aromatic N) is 2. The number of nitrogens with one attached hydrogen (secondary N) is 2. The van der Waals surface area contributed by atoms with Gasteiger partial charge in [0.1, 0.15) is 5.75 Å². The Morgan fingerprint density at radius 2 is 2.07 bits per heavy atom. The van der Waals surface area contributed by atoms with Crippen molar-refractivity contribution in [2.24, 2.45) is 0 Å². The molecule has 158 valence electrons. The van der Waals surface area contributed by atoms with Crippen molar-refractivity contribution < 1.29 is 19.1 Å². The zero-order valence-electron chi connectivity index (χ0n) is 16.7. The van der Waals surface area contributed by atoms with E-state index in [-0.39, 0.29) is 36.8 Å². The van der Waals surface area contributed by atoms with Gasteiger partial charge in [0.15, 0.2) is 6.61 Å². The maximum atomic E-state index is 13.0. The number of likely N-dealkylation sites (tertiary alicyclic amines) is 1. The highest BCUT2D eigenvalue weighted by Crippen LogP contribution is 2.36. The SMILES string of the molecule is C[C@@H]1CN(C[C@H]2CCCN2C(=O)Nc2cc3c(cc2Cl)NC(=O)CO3)C[C@H](C)O1. The van der Waals surface area contributed by atoms with Gasteiger partial charge in [-0.25, -0.2) is 4.79 Å². The molecule has 3 atom stereocenters. The van der Waals surface area contributed by atoms with E-state index in [1.807, 2.05) is 4.90 Å². The molecule has 0 unspecified atom stereocenters. The van der Waals surface area contributed by atoms with Gasteiger partial charge in [-0.05, 0) is 32.8 Å². The van der Waals surface area contributed by atoms with Crippen LogP contribution in [0.25, 0.3) is 0 Å². The largest absolute Gasteiger partial charge is 0.482 e. The van der Waals surface area contributed by atoms with Gasteiger partial charge in [-0.2, -0.15) is 0 Å². The second-order valence-electron chi connectivity index (χ2n) is 8.06. The summed E-state index contributed by atoms with van der Waals surface area (Å²) >= 11 is 6.32. The lowest BCUT2D eigenvalue weighted by atomic mass is 10.1. The lowest BCUT2D eigenvalue weighted by Crippen LogP contribution is -2.51. The van der Waals surface area contributed by atoms with Crippen molar-refractivity contribution in [2.45, 2.75) is 44.9 Å². The number of halogens is 1. The summed E-state index contributed by atoms with van der Waals surface area (Å²) in [6, 6.07) is 3.26. The van der Waals surface area contributed by atoms with E-state index in [0.717, 1.165) is 39.0 Å². The van der Waals surface area contributed by atoms with E-state index < -0.39 is 0 Å². The Bertz CT molecular complexity index is 795. The third kappa shape index (κ3) is 4.60. The molecule has 9 heteroatoms. The van der Waals surface area contributed by atoms with Crippen LogP contribution in [0.4, 0.5) is 16.2 Å². The fraction of sp³-hybridized carbons (Fsp3) is 0.600. The number of rotatable bonds is 3. The van der Waals surface area contributed by atoms with Crippen LogP contribution in [0.1, 0.15) is 26.7 Å². The third-order valence-corrected chi connectivity index (χ3v) is 5.86. The van der Waals surface area contributed by atoms with Gasteiger partial charge in [0.2, 0.25) is 0 Å². The first kappa shape index (κ1) is 20.3. The number of anilines is 2. The van der Waals surface area contributed by atoms with E-state index in [1.54, 1.807) is 12.1 Å². The standard InChI is InChI=1S/C20H27ClN4O4/c1-12-8-24(9-13(2)29-12)10-14-4-3-5-25(14)20(27)23-16-7-18-17(6-15(16)21)22-19(26)11-28-18/h6-7,12-14H,3-5,8-11H2,1-2H3,(H,22,26)(H,23,27)/t12-,13+,14-/m1/s1. The predicted molar refractivity (Wildman–Crippen MR) is 111 cm³/mol. The van der Waals surface area contributed by atoms with Gasteiger partial charge in [-0.3, -0.25) is 9.69 Å². The molecule has 2 N–H and O–H groups in total. The zero-order valence-corrected chi connectivity index (χ0v) is 17.5. The van der Waals surface area contributed by atoms with Crippen molar-refractivity contribution in [3.63, 3.8) is 0 Å². The summed E-state index contributed by atoms with van der Waals surface area (Å²) in [5.74, 6) is 0.274. The molecule has 4 rings (SSSR count). The highest BCUT2D eigenvalue weighted by molar-refractivity contribution is 6.34. The molecule has 0 aromatic heterocycles. The van der Waals surface area contributed by atoms with E-state index in [4.69, 9.17) is 21.1 Å². The monoisotopic (exact) mass is 422 g/mol. The summed E-state index contributed by atoms with van der Waals surface area (Å²) in [6.07, 6.45) is 2.38. The van der Waals surface area contributed by atoms with E-state index >= 15 is 0 Å². The third-order valence-electron chi connectivity index (χ3n) is 5.55. The molecule has 3 aliphatic rings. The Morgan fingerprint density at radius 1 is 1.31 bits per heavy atom. The van der Waals surface area contributed by atoms with Crippen LogP contribution < -0.4 is 15.4 Å². The molecule has 0 spiro atoms. The number of benzene rings is 1. The number of carbonyl (C=O) groups is 2. The first-order chi connectivity index (χ1) is 13.9. The summed E-state index contributed by atoms with van der Waals surface area (Å²) in [6.45, 7) is 7.47. The summed E-state index contributed by atoms with van der Waals surface area (Å²) < 4.78 is 11.2. The molecular weight excluding hydrogens is 396 g/mol. The minimum Gasteiger partial charge on any atom is -0.482 e. The van der Waals surface area contributed by atoms with E-state index in [1.165, 1.54) is 0 Å². The summed E-state index contributed by atoms with van der Waals surface area (Å²) in [4.78, 5) is 28.7. The van der Waals surface area contributed by atoms with Crippen molar-refractivity contribution in [1.29, 1.82) is 0 Å². The Morgan fingerprint density at radius 3 is 2.83 bits per heavy atom. The first-order valence-electron chi connectivity index (χ1n) is 10.1. The van der Waals surface area contributed by atoms with Crippen molar-refractivity contribution in [2.75, 3.05) is 43.4 Å². The molecule has 2 fully saturated rings. The number of morpholine rings is 1. The maximum absolute atomic E-state index is 13.0. The Labute approximate surface area is 175 Å². The van der Waals surface area contributed by atoms with Crippen LogP contribution >= 0.6 is 11.6 Å². The van der Waals surface area contributed by atoms with Gasteiger partial charge < -0.3 is 25.0 Å². The normalized spacial score (nSPS) is 27.2. The minimum absolute atomic E-state index is 0.0490. The Hall–Kier alpha value is -2.03. The molecule has 0 aliphatic carbocycles. The molecule has 0 saturated carbocycles. The van der Waals surface area contributed by atoms with Crippen LogP contribution in [0.3, 0.4) is 0 Å². The minimum atomic E-state index is -0.225. The van der Waals surface area contributed by atoms with Gasteiger partial charge in [0, 0.05) is 38.3 Å². The Kier molecular flexibility index (Phi) is 5.85. The zero-order chi connectivity index (χ0) is 20.5. The quantitative estimate of drug-likeness (QED) is 0.782. The van der Waals surface area contributed by atoms with Gasteiger partial charge in [-0.15, -0.1) is 0 Å². The number of carbonyl (C=O) groups excluding carboxylic acids is 2. The molecule has 3 aliphatic heterocycles. The van der Waals surface area contributed by atoms with Crippen molar-refractivity contribution in [3.05, 3.63) is 17.2 Å². The average molecular weight is 423 g/mol. The summed E-state index contributed by atoms with van der Waals surface area (Å²) in [5, 5.41) is 5.98. The van der Waals surface area contributed by atoms with Gasteiger partial charge >= 0.3 is 6.03 Å². The highest BCUT2D eigenvalue weighted by atomic mass is 35.5. The van der Waals surface area contributed by atoms with Crippen molar-refractivity contribution in [3.8, 4) is 5.75 Å². The molecule has 3 heterocycles. The van der Waals surface area contributed by atoms with Crippen LogP contribution in [0.15, 0.2) is 12.1 Å². The lowest BCUT2D eigenvalue weighted by Gasteiger charge is -2.38.